The summed E-state index contributed by atoms with van der Waals surface area (Å²) >= 11 is 0. The quantitative estimate of drug-likeness (QED) is 0.490. The van der Waals surface area contributed by atoms with Gasteiger partial charge in [0.05, 0.1) is 28.6 Å². The molecule has 0 bridgehead atoms. The summed E-state index contributed by atoms with van der Waals surface area (Å²) < 4.78 is 27.0. The summed E-state index contributed by atoms with van der Waals surface area (Å²) in [6, 6.07) is 3.49. The van der Waals surface area contributed by atoms with Crippen LogP contribution in [0.5, 0.6) is 0 Å². The minimum atomic E-state index is -4.12. The van der Waals surface area contributed by atoms with Gasteiger partial charge in [-0.3, -0.25) is 10.1 Å². The number of aryl methyl sites for hydroxylation is 1. The highest BCUT2D eigenvalue weighted by atomic mass is 32.2. The van der Waals surface area contributed by atoms with E-state index in [-0.39, 0.29) is 17.0 Å². The second-order valence-electron chi connectivity index (χ2n) is 4.76. The molecule has 0 amide bonds. The van der Waals surface area contributed by atoms with Gasteiger partial charge in [-0.15, -0.1) is 0 Å². The number of non-ortho nitro benzene ring substituents is 1. The van der Waals surface area contributed by atoms with Crippen molar-refractivity contribution in [3.63, 3.8) is 0 Å². The van der Waals surface area contributed by atoms with Crippen molar-refractivity contribution >= 4 is 15.7 Å². The maximum Gasteiger partial charge on any atom is 0.270 e. The van der Waals surface area contributed by atoms with E-state index < -0.39 is 33.7 Å². The molecule has 1 rings (SSSR count). The molecular formula is C12H18N2O6S. The van der Waals surface area contributed by atoms with Gasteiger partial charge in [0.15, 0.2) is 0 Å². The maximum atomic E-state index is 12.4. The number of nitro benzene ring substituents is 1. The standard InChI is InChI=1S/C12H18N2O6S/c1-3-12(7-15,8-16)13-21(19,20)11-6-10(14(17)18)5-4-9(11)2/h4-6,13,15-16H,3,7-8H2,1-2H3. The summed E-state index contributed by atoms with van der Waals surface area (Å²) in [6.45, 7) is 1.93. The minimum Gasteiger partial charge on any atom is -0.394 e. The summed E-state index contributed by atoms with van der Waals surface area (Å²) in [5, 5.41) is 29.4. The van der Waals surface area contributed by atoms with Crippen molar-refractivity contribution in [3.8, 4) is 0 Å². The van der Waals surface area contributed by atoms with Crippen molar-refractivity contribution in [2.45, 2.75) is 30.7 Å². The van der Waals surface area contributed by atoms with Gasteiger partial charge in [0.2, 0.25) is 10.0 Å². The molecule has 0 aliphatic carbocycles. The number of sulfonamides is 1. The molecule has 0 fully saturated rings. The minimum absolute atomic E-state index is 0.160. The first-order valence-corrected chi connectivity index (χ1v) is 7.70. The Morgan fingerprint density at radius 1 is 1.33 bits per heavy atom. The molecule has 1 aromatic rings. The smallest absolute Gasteiger partial charge is 0.270 e. The number of hydrogen-bond acceptors (Lipinski definition) is 6. The summed E-state index contributed by atoms with van der Waals surface area (Å²) in [4.78, 5) is 9.81. The van der Waals surface area contributed by atoms with E-state index in [2.05, 4.69) is 4.72 Å². The number of aliphatic hydroxyl groups is 2. The van der Waals surface area contributed by atoms with Crippen molar-refractivity contribution in [2.24, 2.45) is 0 Å². The number of nitrogens with zero attached hydrogens (tertiary/aromatic N) is 1. The molecule has 0 saturated carbocycles. The Hall–Kier alpha value is -1.55. The van der Waals surface area contributed by atoms with Gasteiger partial charge in [-0.1, -0.05) is 13.0 Å². The molecule has 0 radical (unpaired) electrons. The molecule has 1 aromatic carbocycles. The van der Waals surface area contributed by atoms with E-state index in [1.165, 1.54) is 19.1 Å². The normalized spacial score (nSPS) is 12.4. The summed E-state index contributed by atoms with van der Waals surface area (Å²) in [5.41, 5.74) is -1.43. The average molecular weight is 318 g/mol. The lowest BCUT2D eigenvalue weighted by atomic mass is 10.0. The topological polar surface area (TPSA) is 130 Å². The van der Waals surface area contributed by atoms with Crippen LogP contribution in [0.1, 0.15) is 18.9 Å². The number of benzene rings is 1. The van der Waals surface area contributed by atoms with Crippen LogP contribution in [-0.4, -0.2) is 42.3 Å². The molecule has 118 valence electrons. The molecule has 0 aliphatic heterocycles. The third-order valence-electron chi connectivity index (χ3n) is 3.31. The van der Waals surface area contributed by atoms with E-state index in [4.69, 9.17) is 0 Å². The molecule has 0 aromatic heterocycles. The fourth-order valence-electron chi connectivity index (χ4n) is 1.74. The fraction of sp³-hybridized carbons (Fsp3) is 0.500. The van der Waals surface area contributed by atoms with Gasteiger partial charge in [-0.2, -0.15) is 0 Å². The van der Waals surface area contributed by atoms with Crippen LogP contribution in [0.4, 0.5) is 5.69 Å². The van der Waals surface area contributed by atoms with Crippen LogP contribution in [0.25, 0.3) is 0 Å². The van der Waals surface area contributed by atoms with Crippen LogP contribution in [0.3, 0.4) is 0 Å². The zero-order valence-electron chi connectivity index (χ0n) is 11.7. The maximum absolute atomic E-state index is 12.4. The Morgan fingerprint density at radius 2 is 1.90 bits per heavy atom. The van der Waals surface area contributed by atoms with Gasteiger partial charge < -0.3 is 10.2 Å². The lowest BCUT2D eigenvalue weighted by Crippen LogP contribution is -2.53. The molecule has 0 saturated heterocycles. The SMILES string of the molecule is CCC(CO)(CO)NS(=O)(=O)c1cc([N+](=O)[O-])ccc1C. The van der Waals surface area contributed by atoms with Crippen molar-refractivity contribution in [2.75, 3.05) is 13.2 Å². The Kier molecular flexibility index (Phi) is 5.40. The highest BCUT2D eigenvalue weighted by Gasteiger charge is 2.33. The van der Waals surface area contributed by atoms with Crippen LogP contribution < -0.4 is 4.72 Å². The summed E-state index contributed by atoms with van der Waals surface area (Å²) in [5.74, 6) is 0. The monoisotopic (exact) mass is 318 g/mol. The second kappa shape index (κ2) is 6.48. The molecule has 21 heavy (non-hydrogen) atoms. The number of nitro groups is 1. The molecule has 0 spiro atoms. The van der Waals surface area contributed by atoms with Crippen LogP contribution in [-0.2, 0) is 10.0 Å². The predicted octanol–water partition coefficient (Wildman–Crippen LogP) is 0.315. The van der Waals surface area contributed by atoms with Gasteiger partial charge in [-0.05, 0) is 18.9 Å². The third kappa shape index (κ3) is 3.76. The Morgan fingerprint density at radius 3 is 2.33 bits per heavy atom. The van der Waals surface area contributed by atoms with Crippen molar-refractivity contribution in [3.05, 3.63) is 33.9 Å². The first-order chi connectivity index (χ1) is 9.71. The molecule has 0 aliphatic rings. The van der Waals surface area contributed by atoms with E-state index in [1.807, 2.05) is 0 Å². The van der Waals surface area contributed by atoms with Crippen LogP contribution in [0, 0.1) is 17.0 Å². The van der Waals surface area contributed by atoms with Gasteiger partial charge in [0.25, 0.3) is 5.69 Å². The predicted molar refractivity (Wildman–Crippen MR) is 75.3 cm³/mol. The van der Waals surface area contributed by atoms with Crippen molar-refractivity contribution in [1.82, 2.24) is 4.72 Å². The summed E-state index contributed by atoms with van der Waals surface area (Å²) in [6.07, 6.45) is 0.160. The average Bonchev–Trinajstić information content (AvgIpc) is 2.45. The number of nitrogens with one attached hydrogen (secondary N) is 1. The Balaban J connectivity index is 3.31. The molecule has 0 heterocycles. The lowest BCUT2D eigenvalue weighted by molar-refractivity contribution is -0.385. The van der Waals surface area contributed by atoms with Crippen LogP contribution in [0.15, 0.2) is 23.1 Å². The Bertz CT molecular complexity index is 616. The van der Waals surface area contributed by atoms with Gasteiger partial charge in [0.1, 0.15) is 0 Å². The van der Waals surface area contributed by atoms with E-state index >= 15 is 0 Å². The molecular weight excluding hydrogens is 300 g/mol. The molecule has 9 heteroatoms. The summed E-state index contributed by atoms with van der Waals surface area (Å²) in [7, 11) is -4.12. The largest absolute Gasteiger partial charge is 0.394 e. The van der Waals surface area contributed by atoms with E-state index in [9.17, 15) is 28.7 Å². The van der Waals surface area contributed by atoms with E-state index in [0.29, 0.717) is 5.56 Å². The van der Waals surface area contributed by atoms with Gasteiger partial charge >= 0.3 is 0 Å². The number of rotatable bonds is 7. The molecule has 0 atom stereocenters. The highest BCUT2D eigenvalue weighted by molar-refractivity contribution is 7.89. The highest BCUT2D eigenvalue weighted by Crippen LogP contribution is 2.23. The molecule has 3 N–H and O–H groups in total. The van der Waals surface area contributed by atoms with E-state index in [1.54, 1.807) is 6.92 Å². The van der Waals surface area contributed by atoms with E-state index in [0.717, 1.165) is 6.07 Å². The van der Waals surface area contributed by atoms with Gasteiger partial charge in [-0.25, -0.2) is 13.1 Å². The fourth-order valence-corrected chi connectivity index (χ4v) is 3.46. The number of aliphatic hydroxyl groups excluding tert-OH is 2. The number of hydrogen-bond donors (Lipinski definition) is 3. The zero-order valence-corrected chi connectivity index (χ0v) is 12.6. The van der Waals surface area contributed by atoms with Crippen molar-refractivity contribution < 1.29 is 23.6 Å². The van der Waals surface area contributed by atoms with Crippen LogP contribution >= 0.6 is 0 Å². The first kappa shape index (κ1) is 17.5. The molecule has 8 nitrogen and oxygen atoms in total. The lowest BCUT2D eigenvalue weighted by Gasteiger charge is -2.29. The second-order valence-corrected chi connectivity index (χ2v) is 6.41. The van der Waals surface area contributed by atoms with Crippen molar-refractivity contribution in [1.29, 1.82) is 0 Å². The zero-order chi connectivity index (χ0) is 16.3. The van der Waals surface area contributed by atoms with Gasteiger partial charge in [0, 0.05) is 12.1 Å². The van der Waals surface area contributed by atoms with Crippen LogP contribution in [0.2, 0.25) is 0 Å². The first-order valence-electron chi connectivity index (χ1n) is 6.22. The Labute approximate surface area is 122 Å². The third-order valence-corrected chi connectivity index (χ3v) is 5.03. The molecule has 0 unspecified atom stereocenters.